The van der Waals surface area contributed by atoms with Gasteiger partial charge in [0.25, 0.3) is 0 Å². The van der Waals surface area contributed by atoms with Gasteiger partial charge in [-0.15, -0.1) is 0 Å². The number of hydrogen-bond acceptors (Lipinski definition) is 3. The van der Waals surface area contributed by atoms with Gasteiger partial charge in [0.15, 0.2) is 0 Å². The highest BCUT2D eigenvalue weighted by molar-refractivity contribution is 5.75. The maximum atomic E-state index is 13.7. The molecule has 1 aliphatic carbocycles. The van der Waals surface area contributed by atoms with Gasteiger partial charge < -0.3 is 19.9 Å². The number of nitrogens with zero attached hydrogens (tertiary/aromatic N) is 2. The summed E-state index contributed by atoms with van der Waals surface area (Å²) in [5.74, 6) is 0. The van der Waals surface area contributed by atoms with Crippen molar-refractivity contribution >= 4 is 6.03 Å². The smallest absolute Gasteiger partial charge is 0.320 e. The van der Waals surface area contributed by atoms with Crippen LogP contribution < -0.4 is 5.32 Å². The van der Waals surface area contributed by atoms with Crippen LogP contribution in [0.4, 0.5) is 4.79 Å². The monoisotopic (exact) mass is 411 g/mol. The summed E-state index contributed by atoms with van der Waals surface area (Å²) < 4.78 is 5.44. The van der Waals surface area contributed by atoms with Gasteiger partial charge in [-0.3, -0.25) is 0 Å². The van der Waals surface area contributed by atoms with E-state index in [4.69, 9.17) is 4.74 Å². The van der Waals surface area contributed by atoms with Gasteiger partial charge in [-0.05, 0) is 56.4 Å². The molecule has 1 saturated carbocycles. The number of carbonyl (C=O) groups excluding carboxylic acids is 1. The van der Waals surface area contributed by atoms with E-state index in [0.717, 1.165) is 52.1 Å². The molecule has 1 N–H and O–H groups in total. The van der Waals surface area contributed by atoms with Gasteiger partial charge in [0.2, 0.25) is 0 Å². The fourth-order valence-electron chi connectivity index (χ4n) is 6.39. The van der Waals surface area contributed by atoms with Crippen molar-refractivity contribution in [3.8, 4) is 0 Å². The first-order valence-electron chi connectivity index (χ1n) is 12.0. The maximum absolute atomic E-state index is 13.7. The molecule has 5 nitrogen and oxygen atoms in total. The van der Waals surface area contributed by atoms with E-state index in [2.05, 4.69) is 52.4 Å². The molecule has 4 aliphatic rings. The Kier molecular flexibility index (Phi) is 5.53. The van der Waals surface area contributed by atoms with Crippen molar-refractivity contribution in [3.63, 3.8) is 0 Å². The van der Waals surface area contributed by atoms with Crippen LogP contribution in [0.2, 0.25) is 0 Å². The minimum Gasteiger partial charge on any atom is -0.377 e. The standard InChI is InChI=1S/C25H37N3O2/c1-24(18-30-19-24)26-21-10-15-28(22(16-21)20-8-3-2-4-9-20)23(29)27-14-7-13-25(17-27)11-5-6-12-25/h2-4,8-9,21-22,26H,5-7,10-19H2,1H3. The summed E-state index contributed by atoms with van der Waals surface area (Å²) in [4.78, 5) is 18.1. The second kappa shape index (κ2) is 8.16. The number of urea groups is 1. The summed E-state index contributed by atoms with van der Waals surface area (Å²) in [6, 6.07) is 11.5. The van der Waals surface area contributed by atoms with Gasteiger partial charge in [-0.25, -0.2) is 4.79 Å². The van der Waals surface area contributed by atoms with E-state index in [-0.39, 0.29) is 17.6 Å². The number of benzene rings is 1. The van der Waals surface area contributed by atoms with Crippen LogP contribution in [0.1, 0.15) is 69.9 Å². The molecule has 2 amide bonds. The zero-order chi connectivity index (χ0) is 20.6. The second-order valence-electron chi connectivity index (χ2n) is 10.6. The molecule has 5 heteroatoms. The molecule has 1 spiro atoms. The van der Waals surface area contributed by atoms with E-state index in [1.54, 1.807) is 0 Å². The van der Waals surface area contributed by atoms with Crippen molar-refractivity contribution in [3.05, 3.63) is 35.9 Å². The predicted molar refractivity (Wildman–Crippen MR) is 118 cm³/mol. The lowest BCUT2D eigenvalue weighted by Gasteiger charge is -2.48. The van der Waals surface area contributed by atoms with E-state index in [1.165, 1.54) is 37.7 Å². The summed E-state index contributed by atoms with van der Waals surface area (Å²) in [6.45, 7) is 6.56. The lowest BCUT2D eigenvalue weighted by atomic mass is 9.78. The van der Waals surface area contributed by atoms with Gasteiger partial charge in [-0.2, -0.15) is 0 Å². The molecule has 1 aromatic carbocycles. The molecule has 3 saturated heterocycles. The fraction of sp³-hybridized carbons (Fsp3) is 0.720. The quantitative estimate of drug-likeness (QED) is 0.804. The predicted octanol–water partition coefficient (Wildman–Crippen LogP) is 4.35. The van der Waals surface area contributed by atoms with Crippen molar-refractivity contribution in [2.75, 3.05) is 32.8 Å². The van der Waals surface area contributed by atoms with Crippen LogP contribution in [0.15, 0.2) is 30.3 Å². The molecule has 2 atom stereocenters. The van der Waals surface area contributed by atoms with E-state index in [1.807, 2.05) is 0 Å². The van der Waals surface area contributed by atoms with Crippen molar-refractivity contribution in [1.29, 1.82) is 0 Å². The number of ether oxygens (including phenoxy) is 1. The molecule has 4 fully saturated rings. The van der Waals surface area contributed by atoms with Gasteiger partial charge in [0, 0.05) is 25.7 Å². The molecule has 164 valence electrons. The highest BCUT2D eigenvalue weighted by Gasteiger charge is 2.43. The third-order valence-corrected chi connectivity index (χ3v) is 8.02. The molecule has 30 heavy (non-hydrogen) atoms. The lowest BCUT2D eigenvalue weighted by Crippen LogP contribution is -2.63. The van der Waals surface area contributed by atoms with Crippen LogP contribution in [-0.4, -0.2) is 60.3 Å². The summed E-state index contributed by atoms with van der Waals surface area (Å²) in [5.41, 5.74) is 1.77. The second-order valence-corrected chi connectivity index (χ2v) is 10.6. The van der Waals surface area contributed by atoms with Crippen LogP contribution in [-0.2, 0) is 4.74 Å². The normalized spacial score (nSPS) is 30.3. The Morgan fingerprint density at radius 1 is 1.07 bits per heavy atom. The topological polar surface area (TPSA) is 44.8 Å². The average Bonchev–Trinajstić information content (AvgIpc) is 3.20. The summed E-state index contributed by atoms with van der Waals surface area (Å²) >= 11 is 0. The maximum Gasteiger partial charge on any atom is 0.320 e. The molecular weight excluding hydrogens is 374 g/mol. The SMILES string of the molecule is CC1(NC2CCN(C(=O)N3CCCC4(CCCC4)C3)C(c3ccccc3)C2)COC1. The molecule has 0 aromatic heterocycles. The highest BCUT2D eigenvalue weighted by atomic mass is 16.5. The number of rotatable bonds is 3. The summed E-state index contributed by atoms with van der Waals surface area (Å²) in [7, 11) is 0. The zero-order valence-electron chi connectivity index (χ0n) is 18.4. The van der Waals surface area contributed by atoms with Crippen LogP contribution in [0, 0.1) is 5.41 Å². The summed E-state index contributed by atoms with van der Waals surface area (Å²) in [6.07, 6.45) is 9.77. The first-order chi connectivity index (χ1) is 14.6. The molecule has 5 rings (SSSR count). The van der Waals surface area contributed by atoms with Crippen molar-refractivity contribution < 1.29 is 9.53 Å². The molecule has 3 aliphatic heterocycles. The Morgan fingerprint density at radius 2 is 1.80 bits per heavy atom. The zero-order valence-corrected chi connectivity index (χ0v) is 18.4. The van der Waals surface area contributed by atoms with Crippen molar-refractivity contribution in [2.45, 2.75) is 75.9 Å². The van der Waals surface area contributed by atoms with Crippen molar-refractivity contribution in [1.82, 2.24) is 15.1 Å². The Hall–Kier alpha value is -1.59. The Bertz CT molecular complexity index is 742. The molecule has 0 radical (unpaired) electrons. The molecular formula is C25H37N3O2. The Labute approximate surface area is 181 Å². The van der Waals surface area contributed by atoms with Gasteiger partial charge in [0.05, 0.1) is 24.8 Å². The fourth-order valence-corrected chi connectivity index (χ4v) is 6.39. The number of likely N-dealkylation sites (tertiary alicyclic amines) is 2. The molecule has 1 aromatic rings. The van der Waals surface area contributed by atoms with Gasteiger partial charge in [-0.1, -0.05) is 43.2 Å². The molecule has 3 heterocycles. The van der Waals surface area contributed by atoms with Crippen molar-refractivity contribution in [2.24, 2.45) is 5.41 Å². The third kappa shape index (κ3) is 3.99. The minimum atomic E-state index is 0.0970. The number of nitrogens with one attached hydrogen (secondary N) is 1. The van der Waals surface area contributed by atoms with Crippen LogP contribution >= 0.6 is 0 Å². The van der Waals surface area contributed by atoms with Crippen LogP contribution in [0.25, 0.3) is 0 Å². The number of piperidine rings is 2. The van der Waals surface area contributed by atoms with E-state index in [0.29, 0.717) is 11.5 Å². The minimum absolute atomic E-state index is 0.0970. The average molecular weight is 412 g/mol. The third-order valence-electron chi connectivity index (χ3n) is 8.02. The van der Waals surface area contributed by atoms with E-state index < -0.39 is 0 Å². The summed E-state index contributed by atoms with van der Waals surface area (Å²) in [5, 5.41) is 3.83. The van der Waals surface area contributed by atoms with Gasteiger partial charge >= 0.3 is 6.03 Å². The lowest BCUT2D eigenvalue weighted by molar-refractivity contribution is -0.0734. The Morgan fingerprint density at radius 3 is 2.50 bits per heavy atom. The first kappa shape index (κ1) is 20.3. The van der Waals surface area contributed by atoms with E-state index >= 15 is 0 Å². The molecule has 0 bridgehead atoms. The highest BCUT2D eigenvalue weighted by Crippen LogP contribution is 2.45. The molecule has 2 unspecified atom stereocenters. The van der Waals surface area contributed by atoms with Crippen LogP contribution in [0.5, 0.6) is 0 Å². The number of amides is 2. The van der Waals surface area contributed by atoms with Gasteiger partial charge in [0.1, 0.15) is 0 Å². The Balaban J connectivity index is 1.33. The van der Waals surface area contributed by atoms with Crippen LogP contribution in [0.3, 0.4) is 0 Å². The largest absolute Gasteiger partial charge is 0.377 e. The number of carbonyl (C=O) groups is 1. The number of hydrogen-bond donors (Lipinski definition) is 1. The van der Waals surface area contributed by atoms with E-state index in [9.17, 15) is 4.79 Å². The first-order valence-corrected chi connectivity index (χ1v) is 12.0.